The minimum absolute atomic E-state index is 0.0853. The Balaban J connectivity index is 1.43. The van der Waals surface area contributed by atoms with Gasteiger partial charge in [-0.3, -0.25) is 4.79 Å². The number of sulfonamides is 1. The van der Waals surface area contributed by atoms with Gasteiger partial charge < -0.3 is 9.32 Å². The van der Waals surface area contributed by atoms with Gasteiger partial charge in [-0.2, -0.15) is 0 Å². The molecule has 9 heteroatoms. The van der Waals surface area contributed by atoms with Crippen molar-refractivity contribution in [1.29, 1.82) is 0 Å². The van der Waals surface area contributed by atoms with E-state index in [1.807, 2.05) is 4.90 Å². The van der Waals surface area contributed by atoms with E-state index in [-0.39, 0.29) is 29.5 Å². The number of hydrogen-bond acceptors (Lipinski definition) is 6. The molecule has 0 aromatic carbocycles. The molecule has 3 fully saturated rings. The van der Waals surface area contributed by atoms with E-state index in [4.69, 9.17) is 4.42 Å². The number of carbonyl (C=O) groups is 1. The summed E-state index contributed by atoms with van der Waals surface area (Å²) < 4.78 is 31.7. The Morgan fingerprint density at radius 1 is 0.966 bits per heavy atom. The van der Waals surface area contributed by atoms with Gasteiger partial charge in [0, 0.05) is 31.5 Å². The lowest BCUT2D eigenvalue weighted by Gasteiger charge is -2.35. The van der Waals surface area contributed by atoms with Crippen molar-refractivity contribution in [3.63, 3.8) is 0 Å². The highest BCUT2D eigenvalue weighted by atomic mass is 32.2. The van der Waals surface area contributed by atoms with E-state index in [1.54, 1.807) is 11.2 Å². The lowest BCUT2D eigenvalue weighted by molar-refractivity contribution is -0.140. The average Bonchev–Trinajstić information content (AvgIpc) is 3.46. The number of piperidine rings is 2. The second kappa shape index (κ2) is 8.71. The topological polar surface area (TPSA) is 96.6 Å². The molecule has 0 radical (unpaired) electrons. The van der Waals surface area contributed by atoms with Crippen molar-refractivity contribution in [2.24, 2.45) is 5.92 Å². The standard InChI is InChI=1S/C20H32N4O4S/c1-2-29(26,27)23-13-10-15(11-14-23)18-21-22-19(28-18)17-9-5-6-12-24(17)20(25)16-7-3-4-8-16/h15-17H,2-14H2,1H3/t17-/m0/s1. The van der Waals surface area contributed by atoms with Crippen LogP contribution < -0.4 is 0 Å². The van der Waals surface area contributed by atoms with E-state index in [2.05, 4.69) is 10.2 Å². The molecule has 29 heavy (non-hydrogen) atoms. The van der Waals surface area contributed by atoms with Gasteiger partial charge in [-0.1, -0.05) is 12.8 Å². The molecule has 0 N–H and O–H groups in total. The van der Waals surface area contributed by atoms with Crippen LogP contribution in [0, 0.1) is 5.92 Å². The second-order valence-electron chi connectivity index (χ2n) is 8.58. The van der Waals surface area contributed by atoms with Crippen molar-refractivity contribution < 1.29 is 17.6 Å². The molecule has 0 bridgehead atoms. The number of rotatable bonds is 5. The number of likely N-dealkylation sites (tertiary alicyclic amines) is 1. The first-order valence-corrected chi connectivity index (χ1v) is 12.7. The summed E-state index contributed by atoms with van der Waals surface area (Å²) in [5, 5.41) is 8.61. The lowest BCUT2D eigenvalue weighted by atomic mass is 9.98. The summed E-state index contributed by atoms with van der Waals surface area (Å²) in [4.78, 5) is 15.0. The van der Waals surface area contributed by atoms with E-state index in [0.29, 0.717) is 37.7 Å². The van der Waals surface area contributed by atoms with Gasteiger partial charge in [-0.25, -0.2) is 12.7 Å². The van der Waals surface area contributed by atoms with Crippen LogP contribution in [0.5, 0.6) is 0 Å². The number of carbonyl (C=O) groups excluding carboxylic acids is 1. The van der Waals surface area contributed by atoms with Crippen LogP contribution in [0.4, 0.5) is 0 Å². The zero-order chi connectivity index (χ0) is 20.4. The second-order valence-corrected chi connectivity index (χ2v) is 10.8. The van der Waals surface area contributed by atoms with E-state index in [1.165, 1.54) is 0 Å². The summed E-state index contributed by atoms with van der Waals surface area (Å²) in [6, 6.07) is -0.112. The maximum atomic E-state index is 13.0. The summed E-state index contributed by atoms with van der Waals surface area (Å²) in [5.41, 5.74) is 0. The normalized spacial score (nSPS) is 25.6. The summed E-state index contributed by atoms with van der Waals surface area (Å²) in [6.07, 6.45) is 8.62. The monoisotopic (exact) mass is 424 g/mol. The van der Waals surface area contributed by atoms with Crippen molar-refractivity contribution in [3.05, 3.63) is 11.8 Å². The molecule has 4 rings (SSSR count). The Morgan fingerprint density at radius 2 is 1.62 bits per heavy atom. The highest BCUT2D eigenvalue weighted by Crippen LogP contribution is 2.36. The largest absolute Gasteiger partial charge is 0.423 e. The van der Waals surface area contributed by atoms with Crippen LogP contribution in [-0.4, -0.2) is 59.1 Å². The average molecular weight is 425 g/mol. The highest BCUT2D eigenvalue weighted by molar-refractivity contribution is 7.89. The fourth-order valence-electron chi connectivity index (χ4n) is 4.97. The molecule has 1 atom stereocenters. The summed E-state index contributed by atoms with van der Waals surface area (Å²) in [5.74, 6) is 1.77. The summed E-state index contributed by atoms with van der Waals surface area (Å²) in [7, 11) is -3.14. The van der Waals surface area contributed by atoms with Gasteiger partial charge in [-0.05, 0) is 51.9 Å². The van der Waals surface area contributed by atoms with Gasteiger partial charge >= 0.3 is 0 Å². The van der Waals surface area contributed by atoms with Crippen molar-refractivity contribution in [3.8, 4) is 0 Å². The molecule has 3 heterocycles. The zero-order valence-electron chi connectivity index (χ0n) is 17.3. The molecule has 2 aliphatic heterocycles. The van der Waals surface area contributed by atoms with Crippen LogP contribution in [-0.2, 0) is 14.8 Å². The predicted molar refractivity (Wildman–Crippen MR) is 108 cm³/mol. The van der Waals surface area contributed by atoms with Crippen LogP contribution in [0.1, 0.15) is 88.5 Å². The number of aromatic nitrogens is 2. The van der Waals surface area contributed by atoms with Crippen molar-refractivity contribution >= 4 is 15.9 Å². The van der Waals surface area contributed by atoms with E-state index < -0.39 is 10.0 Å². The third kappa shape index (κ3) is 4.35. The minimum Gasteiger partial charge on any atom is -0.423 e. The number of amides is 1. The Bertz CT molecular complexity index is 810. The Labute approximate surface area is 173 Å². The van der Waals surface area contributed by atoms with Crippen LogP contribution in [0.3, 0.4) is 0 Å². The van der Waals surface area contributed by atoms with E-state index in [0.717, 1.165) is 51.5 Å². The molecule has 3 aliphatic rings. The first-order valence-electron chi connectivity index (χ1n) is 11.1. The molecule has 1 amide bonds. The Hall–Kier alpha value is -1.48. The zero-order valence-corrected chi connectivity index (χ0v) is 18.1. The quantitative estimate of drug-likeness (QED) is 0.721. The smallest absolute Gasteiger partial charge is 0.238 e. The molecule has 2 saturated heterocycles. The third-order valence-electron chi connectivity index (χ3n) is 6.79. The van der Waals surface area contributed by atoms with E-state index >= 15 is 0 Å². The van der Waals surface area contributed by atoms with Crippen molar-refractivity contribution in [2.45, 2.75) is 76.7 Å². The van der Waals surface area contributed by atoms with Gasteiger partial charge in [0.05, 0.1) is 5.75 Å². The third-order valence-corrected chi connectivity index (χ3v) is 8.67. The van der Waals surface area contributed by atoms with Crippen LogP contribution >= 0.6 is 0 Å². The van der Waals surface area contributed by atoms with Gasteiger partial charge in [0.1, 0.15) is 6.04 Å². The first-order chi connectivity index (χ1) is 14.0. The summed E-state index contributed by atoms with van der Waals surface area (Å²) >= 11 is 0. The van der Waals surface area contributed by atoms with Gasteiger partial charge in [-0.15, -0.1) is 10.2 Å². The van der Waals surface area contributed by atoms with Gasteiger partial charge in [0.2, 0.25) is 27.7 Å². The lowest BCUT2D eigenvalue weighted by Crippen LogP contribution is -2.41. The van der Waals surface area contributed by atoms with Crippen molar-refractivity contribution in [1.82, 2.24) is 19.4 Å². The molecule has 0 unspecified atom stereocenters. The van der Waals surface area contributed by atoms with E-state index in [9.17, 15) is 13.2 Å². The molecule has 1 aromatic heterocycles. The molecular weight excluding hydrogens is 392 g/mol. The molecule has 8 nitrogen and oxygen atoms in total. The van der Waals surface area contributed by atoms with Crippen LogP contribution in [0.25, 0.3) is 0 Å². The molecule has 0 spiro atoms. The highest BCUT2D eigenvalue weighted by Gasteiger charge is 2.37. The molecular formula is C20H32N4O4S. The molecule has 1 aromatic rings. The molecule has 162 valence electrons. The SMILES string of the molecule is CCS(=O)(=O)N1CCC(c2nnc([C@@H]3CCCCN3C(=O)C3CCCC3)o2)CC1. The minimum atomic E-state index is -3.14. The first kappa shape index (κ1) is 20.8. The maximum absolute atomic E-state index is 13.0. The van der Waals surface area contributed by atoms with Crippen LogP contribution in [0.15, 0.2) is 4.42 Å². The summed E-state index contributed by atoms with van der Waals surface area (Å²) in [6.45, 7) is 3.43. The number of hydrogen-bond donors (Lipinski definition) is 0. The molecule has 1 saturated carbocycles. The Morgan fingerprint density at radius 3 is 2.31 bits per heavy atom. The Kier molecular flexibility index (Phi) is 6.24. The molecule has 1 aliphatic carbocycles. The van der Waals surface area contributed by atoms with Crippen LogP contribution in [0.2, 0.25) is 0 Å². The fourth-order valence-corrected chi connectivity index (χ4v) is 6.10. The maximum Gasteiger partial charge on any atom is 0.238 e. The fraction of sp³-hybridized carbons (Fsp3) is 0.850. The predicted octanol–water partition coefficient (Wildman–Crippen LogP) is 2.84. The van der Waals surface area contributed by atoms with Gasteiger partial charge in [0.15, 0.2) is 0 Å². The van der Waals surface area contributed by atoms with Crippen molar-refractivity contribution in [2.75, 3.05) is 25.4 Å². The number of nitrogens with zero attached hydrogens (tertiary/aromatic N) is 4. The van der Waals surface area contributed by atoms with Gasteiger partial charge in [0.25, 0.3) is 0 Å².